The molecule has 4 heteroatoms. The maximum absolute atomic E-state index is 5.93. The van der Waals surface area contributed by atoms with Crippen LogP contribution in [0.1, 0.15) is 29.0 Å². The number of ether oxygens (including phenoxy) is 1. The standard InChI is InChI=1S/C16H12ClNOS/c1-9-8-12-13-6-7-14(19-13)15(12)16(18-9)20-11-4-2-10(17)3-5-11/h2-8,13-14H,1H3/t13-,14+/m0/s1. The molecule has 3 heterocycles. The number of nitrogens with zero attached hydrogens (tertiary/aromatic N) is 1. The van der Waals surface area contributed by atoms with Crippen LogP contribution in [0, 0.1) is 6.92 Å². The van der Waals surface area contributed by atoms with Gasteiger partial charge in [-0.05, 0) is 42.8 Å². The van der Waals surface area contributed by atoms with Crippen LogP contribution in [0.15, 0.2) is 52.4 Å². The fourth-order valence-corrected chi connectivity index (χ4v) is 3.84. The van der Waals surface area contributed by atoms with E-state index in [0.717, 1.165) is 20.6 Å². The van der Waals surface area contributed by atoms with Crippen molar-refractivity contribution in [3.05, 3.63) is 64.3 Å². The lowest BCUT2D eigenvalue weighted by molar-refractivity contribution is 0.0869. The highest BCUT2D eigenvalue weighted by Gasteiger charge is 2.36. The summed E-state index contributed by atoms with van der Waals surface area (Å²) in [5.41, 5.74) is 3.52. The van der Waals surface area contributed by atoms with Gasteiger partial charge in [-0.15, -0.1) is 0 Å². The predicted octanol–water partition coefficient (Wildman–Crippen LogP) is 4.88. The summed E-state index contributed by atoms with van der Waals surface area (Å²) < 4.78 is 5.91. The molecule has 0 fully saturated rings. The summed E-state index contributed by atoms with van der Waals surface area (Å²) in [4.78, 5) is 5.84. The van der Waals surface area contributed by atoms with Gasteiger partial charge in [0.25, 0.3) is 0 Å². The molecule has 0 amide bonds. The minimum Gasteiger partial charge on any atom is -0.357 e. The first-order valence-corrected chi connectivity index (χ1v) is 7.69. The molecule has 2 aliphatic rings. The van der Waals surface area contributed by atoms with Crippen LogP contribution in [0.25, 0.3) is 0 Å². The third kappa shape index (κ3) is 1.97. The predicted molar refractivity (Wildman–Crippen MR) is 80.3 cm³/mol. The molecular weight excluding hydrogens is 290 g/mol. The van der Waals surface area contributed by atoms with E-state index in [4.69, 9.17) is 21.3 Å². The number of benzene rings is 1. The Kier molecular flexibility index (Phi) is 2.88. The second-order valence-corrected chi connectivity index (χ2v) is 6.49. The summed E-state index contributed by atoms with van der Waals surface area (Å²) in [6, 6.07) is 9.99. The van der Waals surface area contributed by atoms with Crippen molar-refractivity contribution in [1.82, 2.24) is 4.98 Å². The van der Waals surface area contributed by atoms with Crippen LogP contribution >= 0.6 is 23.4 Å². The van der Waals surface area contributed by atoms with E-state index >= 15 is 0 Å². The van der Waals surface area contributed by atoms with Gasteiger partial charge in [0.1, 0.15) is 17.2 Å². The Labute approximate surface area is 126 Å². The average molecular weight is 302 g/mol. The Morgan fingerprint density at radius 1 is 1.15 bits per heavy atom. The second-order valence-electron chi connectivity index (χ2n) is 4.99. The van der Waals surface area contributed by atoms with Crippen LogP contribution < -0.4 is 0 Å². The lowest BCUT2D eigenvalue weighted by atomic mass is 9.98. The van der Waals surface area contributed by atoms with Crippen molar-refractivity contribution in [2.75, 3.05) is 0 Å². The van der Waals surface area contributed by atoms with Crippen LogP contribution in [0.3, 0.4) is 0 Å². The number of hydrogen-bond donors (Lipinski definition) is 0. The van der Waals surface area contributed by atoms with E-state index in [0.29, 0.717) is 0 Å². The van der Waals surface area contributed by atoms with Gasteiger partial charge < -0.3 is 4.74 Å². The maximum Gasteiger partial charge on any atom is 0.108 e. The maximum atomic E-state index is 5.93. The van der Waals surface area contributed by atoms with Crippen LogP contribution in [0.4, 0.5) is 0 Å². The van der Waals surface area contributed by atoms with Crippen molar-refractivity contribution in [3.8, 4) is 0 Å². The monoisotopic (exact) mass is 301 g/mol. The number of aryl methyl sites for hydroxylation is 1. The molecule has 2 atom stereocenters. The van der Waals surface area contributed by atoms with E-state index in [1.165, 1.54) is 11.1 Å². The third-order valence-corrected chi connectivity index (χ3v) is 4.82. The van der Waals surface area contributed by atoms with Gasteiger partial charge >= 0.3 is 0 Å². The SMILES string of the molecule is Cc1cc2c(c(Sc3ccc(Cl)cc3)n1)[C@H]1C=C[C@@H]2O1. The number of hydrogen-bond acceptors (Lipinski definition) is 3. The van der Waals surface area contributed by atoms with Crippen molar-refractivity contribution in [3.63, 3.8) is 0 Å². The zero-order valence-electron chi connectivity index (χ0n) is 10.8. The second kappa shape index (κ2) is 4.62. The van der Waals surface area contributed by atoms with Crippen LogP contribution in [0.5, 0.6) is 0 Å². The number of rotatable bonds is 2. The molecule has 2 bridgehead atoms. The molecule has 2 aliphatic heterocycles. The van der Waals surface area contributed by atoms with Crippen molar-refractivity contribution in [1.29, 1.82) is 0 Å². The molecule has 0 aliphatic carbocycles. The lowest BCUT2D eigenvalue weighted by Gasteiger charge is -2.13. The fourth-order valence-electron chi connectivity index (χ4n) is 2.68. The van der Waals surface area contributed by atoms with Gasteiger partial charge in [0.05, 0.1) is 0 Å². The minimum absolute atomic E-state index is 0.0675. The minimum atomic E-state index is 0.0675. The first-order valence-electron chi connectivity index (χ1n) is 6.49. The Hall–Kier alpha value is -1.29. The summed E-state index contributed by atoms with van der Waals surface area (Å²) in [6.45, 7) is 2.03. The molecule has 0 spiro atoms. The van der Waals surface area contributed by atoms with Crippen LogP contribution in [-0.4, -0.2) is 4.98 Å². The third-order valence-electron chi connectivity index (χ3n) is 3.56. The van der Waals surface area contributed by atoms with Gasteiger partial charge in [-0.1, -0.05) is 35.5 Å². The molecule has 0 radical (unpaired) electrons. The molecule has 4 rings (SSSR count). The van der Waals surface area contributed by atoms with Gasteiger partial charge in [-0.25, -0.2) is 4.98 Å². The smallest absolute Gasteiger partial charge is 0.108 e. The molecule has 100 valence electrons. The average Bonchev–Trinajstić information content (AvgIpc) is 3.02. The van der Waals surface area contributed by atoms with Gasteiger partial charge in [0.2, 0.25) is 0 Å². The number of fused-ring (bicyclic) bond motifs is 5. The molecule has 0 N–H and O–H groups in total. The Bertz CT molecular complexity index is 711. The fraction of sp³-hybridized carbons (Fsp3) is 0.188. The molecule has 2 nitrogen and oxygen atoms in total. The normalized spacial score (nSPS) is 22.3. The summed E-state index contributed by atoms with van der Waals surface area (Å²) in [5.74, 6) is 0. The van der Waals surface area contributed by atoms with E-state index in [9.17, 15) is 0 Å². The lowest BCUT2D eigenvalue weighted by Crippen LogP contribution is -2.00. The van der Waals surface area contributed by atoms with Gasteiger partial charge in [0, 0.05) is 21.2 Å². The molecule has 1 aromatic heterocycles. The highest BCUT2D eigenvalue weighted by molar-refractivity contribution is 7.99. The van der Waals surface area contributed by atoms with Crippen molar-refractivity contribution < 1.29 is 4.74 Å². The molecule has 20 heavy (non-hydrogen) atoms. The zero-order chi connectivity index (χ0) is 13.7. The van der Waals surface area contributed by atoms with E-state index in [2.05, 4.69) is 18.2 Å². The Morgan fingerprint density at radius 2 is 1.90 bits per heavy atom. The van der Waals surface area contributed by atoms with Crippen molar-refractivity contribution >= 4 is 23.4 Å². The summed E-state index contributed by atoms with van der Waals surface area (Å²) >= 11 is 7.60. The quantitative estimate of drug-likeness (QED) is 0.738. The van der Waals surface area contributed by atoms with Gasteiger partial charge in [0.15, 0.2) is 0 Å². The molecule has 2 aromatic rings. The van der Waals surface area contributed by atoms with Crippen LogP contribution in [-0.2, 0) is 4.74 Å². The number of aromatic nitrogens is 1. The number of halogens is 1. The summed E-state index contributed by atoms with van der Waals surface area (Å²) in [5, 5.41) is 1.79. The first-order chi connectivity index (χ1) is 9.70. The van der Waals surface area contributed by atoms with E-state index in [1.54, 1.807) is 11.8 Å². The van der Waals surface area contributed by atoms with Crippen molar-refractivity contribution in [2.24, 2.45) is 0 Å². The molecule has 0 saturated heterocycles. The van der Waals surface area contributed by atoms with Gasteiger partial charge in [-0.3, -0.25) is 0 Å². The Balaban J connectivity index is 1.76. The largest absolute Gasteiger partial charge is 0.357 e. The highest BCUT2D eigenvalue weighted by atomic mass is 35.5. The van der Waals surface area contributed by atoms with E-state index in [1.807, 2.05) is 31.2 Å². The van der Waals surface area contributed by atoms with E-state index < -0.39 is 0 Å². The van der Waals surface area contributed by atoms with Crippen LogP contribution in [0.2, 0.25) is 5.02 Å². The zero-order valence-corrected chi connectivity index (χ0v) is 12.4. The van der Waals surface area contributed by atoms with Crippen molar-refractivity contribution in [2.45, 2.75) is 29.1 Å². The summed E-state index contributed by atoms with van der Waals surface area (Å²) in [6.07, 6.45) is 4.43. The Morgan fingerprint density at radius 3 is 2.70 bits per heavy atom. The van der Waals surface area contributed by atoms with Gasteiger partial charge in [-0.2, -0.15) is 0 Å². The highest BCUT2D eigenvalue weighted by Crippen LogP contribution is 2.49. The number of pyridine rings is 1. The molecular formula is C16H12ClNOS. The molecule has 0 saturated carbocycles. The van der Waals surface area contributed by atoms with E-state index in [-0.39, 0.29) is 12.2 Å². The first kappa shape index (κ1) is 12.5. The topological polar surface area (TPSA) is 22.1 Å². The molecule has 1 aromatic carbocycles. The molecule has 0 unspecified atom stereocenters. The summed E-state index contributed by atoms with van der Waals surface area (Å²) in [7, 11) is 0.